The molecule has 7 heteroatoms. The summed E-state index contributed by atoms with van der Waals surface area (Å²) in [5.74, 6) is 1.43. The summed E-state index contributed by atoms with van der Waals surface area (Å²) < 4.78 is 5.51. The van der Waals surface area contributed by atoms with Gasteiger partial charge in [0.15, 0.2) is 5.54 Å². The third-order valence-corrected chi connectivity index (χ3v) is 8.08. The van der Waals surface area contributed by atoms with Gasteiger partial charge in [0.05, 0.1) is 11.8 Å². The van der Waals surface area contributed by atoms with Gasteiger partial charge in [-0.25, -0.2) is 14.6 Å². The second-order valence-corrected chi connectivity index (χ2v) is 10.7. The number of hydrogen-bond acceptors (Lipinski definition) is 6. The number of nitrogens with zero attached hydrogens (tertiary/aromatic N) is 2. The molecule has 2 unspecified atom stereocenters. The maximum atomic E-state index is 12.9. The standard InChI is InChI=1S/C32H39N3O4/c33-32(31(37)38,28-18-7-6-17-27(28)30-35-20-21-39-30)29(23-36)26(16-8-13-25-14-9-19-34-22-25)15-5-4-12-24-10-2-1-3-11-24/h8-9,13-14,17-22,24,26H,1-7,10-12,15-16,33H2,(H,37,38). The Morgan fingerprint density at radius 1 is 1.21 bits per heavy atom. The van der Waals surface area contributed by atoms with Gasteiger partial charge in [-0.05, 0) is 54.7 Å². The van der Waals surface area contributed by atoms with Gasteiger partial charge in [-0.3, -0.25) is 4.98 Å². The van der Waals surface area contributed by atoms with Gasteiger partial charge in [0.2, 0.25) is 5.89 Å². The Balaban J connectivity index is 1.59. The second kappa shape index (κ2) is 14.0. The summed E-state index contributed by atoms with van der Waals surface area (Å²) in [4.78, 5) is 33.9. The van der Waals surface area contributed by atoms with Gasteiger partial charge < -0.3 is 15.3 Å². The third-order valence-electron chi connectivity index (χ3n) is 8.08. The maximum absolute atomic E-state index is 12.9. The number of carboxylic acid groups (broad SMARTS) is 1. The van der Waals surface area contributed by atoms with E-state index < -0.39 is 11.5 Å². The number of aromatic nitrogens is 2. The van der Waals surface area contributed by atoms with Gasteiger partial charge >= 0.3 is 5.97 Å². The highest BCUT2D eigenvalue weighted by molar-refractivity contribution is 5.98. The third kappa shape index (κ3) is 7.11. The zero-order valence-electron chi connectivity index (χ0n) is 22.6. The number of pyridine rings is 1. The molecule has 2 aliphatic rings. The van der Waals surface area contributed by atoms with Crippen LogP contribution in [0.5, 0.6) is 0 Å². The van der Waals surface area contributed by atoms with Gasteiger partial charge in [-0.15, -0.1) is 0 Å². The molecule has 206 valence electrons. The van der Waals surface area contributed by atoms with Crippen molar-refractivity contribution >= 4 is 23.6 Å². The lowest BCUT2D eigenvalue weighted by atomic mass is 9.71. The minimum absolute atomic E-state index is 0.0640. The number of carboxylic acids is 1. The zero-order valence-corrected chi connectivity index (χ0v) is 22.6. The van der Waals surface area contributed by atoms with Crippen molar-refractivity contribution in [3.63, 3.8) is 0 Å². The van der Waals surface area contributed by atoms with Gasteiger partial charge in [-0.2, -0.15) is 0 Å². The number of unbranched alkanes of at least 4 members (excludes halogenated alkanes) is 1. The van der Waals surface area contributed by atoms with Gasteiger partial charge in [0, 0.05) is 18.0 Å². The molecule has 1 saturated carbocycles. The van der Waals surface area contributed by atoms with Crippen LogP contribution >= 0.6 is 0 Å². The van der Waals surface area contributed by atoms with Crippen LogP contribution in [-0.2, 0) is 9.59 Å². The number of allylic oxidation sites excluding steroid dienone is 3. The van der Waals surface area contributed by atoms with Crippen molar-refractivity contribution in [2.75, 3.05) is 0 Å². The monoisotopic (exact) mass is 529 g/mol. The molecule has 0 aromatic carbocycles. The molecule has 2 aliphatic carbocycles. The molecule has 0 saturated heterocycles. The molecule has 0 aliphatic heterocycles. The van der Waals surface area contributed by atoms with E-state index >= 15 is 0 Å². The smallest absolute Gasteiger partial charge is 0.333 e. The first-order valence-electron chi connectivity index (χ1n) is 14.2. The predicted octanol–water partition coefficient (Wildman–Crippen LogP) is 6.57. The van der Waals surface area contributed by atoms with Crippen LogP contribution in [0, 0.1) is 11.8 Å². The van der Waals surface area contributed by atoms with E-state index in [1.54, 1.807) is 18.5 Å². The molecule has 0 spiro atoms. The minimum Gasteiger partial charge on any atom is -0.479 e. The number of rotatable bonds is 13. The lowest BCUT2D eigenvalue weighted by molar-refractivity contribution is -0.140. The molecule has 39 heavy (non-hydrogen) atoms. The van der Waals surface area contributed by atoms with Gasteiger partial charge in [0.25, 0.3) is 0 Å². The summed E-state index contributed by atoms with van der Waals surface area (Å²) in [5, 5.41) is 10.5. The second-order valence-electron chi connectivity index (χ2n) is 10.7. The molecule has 0 radical (unpaired) electrons. The van der Waals surface area contributed by atoms with Crippen LogP contribution in [0.1, 0.15) is 88.5 Å². The highest BCUT2D eigenvalue weighted by Gasteiger charge is 2.47. The zero-order chi connectivity index (χ0) is 27.5. The molecule has 0 bridgehead atoms. The maximum Gasteiger partial charge on any atom is 0.333 e. The topological polar surface area (TPSA) is 119 Å². The van der Waals surface area contributed by atoms with Crippen LogP contribution in [0.15, 0.2) is 70.8 Å². The van der Waals surface area contributed by atoms with E-state index in [9.17, 15) is 14.7 Å². The van der Waals surface area contributed by atoms with Crippen molar-refractivity contribution in [3.8, 4) is 0 Å². The molecule has 2 aromatic rings. The Morgan fingerprint density at radius 3 is 2.72 bits per heavy atom. The normalized spacial score (nSPS) is 18.6. The molecule has 2 atom stereocenters. The van der Waals surface area contributed by atoms with Crippen molar-refractivity contribution < 1.29 is 19.1 Å². The van der Waals surface area contributed by atoms with E-state index in [0.29, 0.717) is 42.7 Å². The van der Waals surface area contributed by atoms with Crippen LogP contribution in [0.4, 0.5) is 0 Å². The fraction of sp³-hybridized carbons (Fsp3) is 0.469. The van der Waals surface area contributed by atoms with Gasteiger partial charge in [-0.1, -0.05) is 81.7 Å². The Hall–Kier alpha value is -3.54. The molecule has 4 rings (SSSR count). The first-order valence-corrected chi connectivity index (χ1v) is 14.2. The summed E-state index contributed by atoms with van der Waals surface area (Å²) >= 11 is 0. The van der Waals surface area contributed by atoms with Gasteiger partial charge in [0.1, 0.15) is 12.2 Å². The lowest BCUT2D eigenvalue weighted by Crippen LogP contribution is -2.54. The highest BCUT2D eigenvalue weighted by Crippen LogP contribution is 2.41. The number of carbonyl (C=O) groups excluding carboxylic acids is 1. The van der Waals surface area contributed by atoms with Crippen molar-refractivity contribution in [2.24, 2.45) is 17.6 Å². The number of oxazole rings is 1. The minimum atomic E-state index is -2.04. The first-order chi connectivity index (χ1) is 19.0. The number of nitrogens with two attached hydrogens (primary N) is 1. The summed E-state index contributed by atoms with van der Waals surface area (Å²) in [6, 6.07) is 3.81. The Bertz CT molecular complexity index is 1220. The SMILES string of the molecule is NC(C(=O)O)(C(=C=O)C(CC=Cc1cccnc1)CCCCC1CCCCC1)C1=CCCC=C1c1ncco1. The quantitative estimate of drug-likeness (QED) is 0.222. The Labute approximate surface area is 230 Å². The molecule has 0 amide bonds. The first kappa shape index (κ1) is 28.5. The van der Waals surface area contributed by atoms with E-state index in [2.05, 4.69) is 9.97 Å². The fourth-order valence-corrected chi connectivity index (χ4v) is 5.99. The Kier molecular flexibility index (Phi) is 10.2. The molecule has 3 N–H and O–H groups in total. The van der Waals surface area contributed by atoms with Crippen LogP contribution < -0.4 is 5.73 Å². The lowest BCUT2D eigenvalue weighted by Gasteiger charge is -2.34. The summed E-state index contributed by atoms with van der Waals surface area (Å²) in [6.45, 7) is 0. The van der Waals surface area contributed by atoms with Crippen molar-refractivity contribution in [1.29, 1.82) is 0 Å². The molecule has 7 nitrogen and oxygen atoms in total. The van der Waals surface area contributed by atoms with Crippen molar-refractivity contribution in [3.05, 3.63) is 77.8 Å². The molecule has 1 fully saturated rings. The average molecular weight is 530 g/mol. The number of aliphatic carboxylic acids is 1. The number of hydrogen-bond donors (Lipinski definition) is 2. The van der Waals surface area contributed by atoms with E-state index in [0.717, 1.165) is 24.3 Å². The van der Waals surface area contributed by atoms with E-state index in [1.165, 1.54) is 51.0 Å². The van der Waals surface area contributed by atoms with Crippen molar-refractivity contribution in [1.82, 2.24) is 9.97 Å². The van der Waals surface area contributed by atoms with E-state index in [4.69, 9.17) is 10.2 Å². The van der Waals surface area contributed by atoms with Crippen molar-refractivity contribution in [2.45, 2.75) is 82.6 Å². The summed E-state index contributed by atoms with van der Waals surface area (Å²) in [7, 11) is 0. The predicted molar refractivity (Wildman–Crippen MR) is 152 cm³/mol. The molecular weight excluding hydrogens is 490 g/mol. The molecule has 2 aromatic heterocycles. The van der Waals surface area contributed by atoms with E-state index in [-0.39, 0.29) is 11.5 Å². The van der Waals surface area contributed by atoms with Crippen LogP contribution in [0.3, 0.4) is 0 Å². The fourth-order valence-electron chi connectivity index (χ4n) is 5.99. The van der Waals surface area contributed by atoms with E-state index in [1.807, 2.05) is 36.3 Å². The van der Waals surface area contributed by atoms with Crippen LogP contribution in [-0.4, -0.2) is 32.5 Å². The van der Waals surface area contributed by atoms with Crippen LogP contribution in [0.2, 0.25) is 0 Å². The van der Waals surface area contributed by atoms with Crippen LogP contribution in [0.25, 0.3) is 11.6 Å². The summed E-state index contributed by atoms with van der Waals surface area (Å²) in [6.07, 6.45) is 26.2. The largest absolute Gasteiger partial charge is 0.479 e. The Morgan fingerprint density at radius 2 is 2.03 bits per heavy atom. The summed E-state index contributed by atoms with van der Waals surface area (Å²) in [5.41, 5.74) is 6.58. The molecular formula is C32H39N3O4. The highest BCUT2D eigenvalue weighted by atomic mass is 16.4. The molecule has 2 heterocycles. The number of carbonyl (C=O) groups is 1. The average Bonchev–Trinajstić information content (AvgIpc) is 3.51.